The van der Waals surface area contributed by atoms with E-state index in [1.807, 2.05) is 17.2 Å². The summed E-state index contributed by atoms with van der Waals surface area (Å²) in [4.78, 5) is 12.3. The number of hydrogen-bond acceptors (Lipinski definition) is 3. The van der Waals surface area contributed by atoms with Crippen molar-refractivity contribution < 1.29 is 4.79 Å². The van der Waals surface area contributed by atoms with Crippen LogP contribution in [0.5, 0.6) is 0 Å². The van der Waals surface area contributed by atoms with Gasteiger partial charge < -0.3 is 5.32 Å². The molecule has 0 spiro atoms. The third-order valence-electron chi connectivity index (χ3n) is 2.80. The predicted molar refractivity (Wildman–Crippen MR) is 69.9 cm³/mol. The summed E-state index contributed by atoms with van der Waals surface area (Å²) in [5.74, 6) is 6.20. The highest BCUT2D eigenvalue weighted by Crippen LogP contribution is 2.30. The Balaban J connectivity index is 1.91. The lowest BCUT2D eigenvalue weighted by atomic mass is 10.0. The van der Waals surface area contributed by atoms with Gasteiger partial charge in [0, 0.05) is 11.4 Å². The van der Waals surface area contributed by atoms with Gasteiger partial charge in [0.1, 0.15) is 0 Å². The van der Waals surface area contributed by atoms with Crippen LogP contribution in [0.4, 0.5) is 4.79 Å². The van der Waals surface area contributed by atoms with Crippen LogP contribution in [-0.2, 0) is 12.8 Å². The Kier molecular flexibility index (Phi) is 4.28. The van der Waals surface area contributed by atoms with Crippen molar-refractivity contribution in [1.29, 1.82) is 0 Å². The lowest BCUT2D eigenvalue weighted by Gasteiger charge is -2.16. The summed E-state index contributed by atoms with van der Waals surface area (Å²) < 4.78 is 0. The van der Waals surface area contributed by atoms with Crippen molar-refractivity contribution in [3.63, 3.8) is 0 Å². The van der Waals surface area contributed by atoms with E-state index in [9.17, 15) is 4.79 Å². The molecule has 4 nitrogen and oxygen atoms in total. The third kappa shape index (κ3) is 3.38. The van der Waals surface area contributed by atoms with E-state index in [0.717, 1.165) is 6.42 Å². The van der Waals surface area contributed by atoms with Gasteiger partial charge in [0.15, 0.2) is 0 Å². The van der Waals surface area contributed by atoms with Gasteiger partial charge >= 0.3 is 6.03 Å². The number of carbonyl (C=O) groups excluding carboxylic acids is 1. The molecule has 5 heteroatoms. The molecular formula is C12H17N3OS. The van der Waals surface area contributed by atoms with Gasteiger partial charge in [-0.3, -0.25) is 5.43 Å². The fraction of sp³-hybridized carbons (Fsp3) is 0.417. The normalized spacial score (nSPS) is 13.9. The SMILES string of the molecule is NNC(=O)NCCc1ccc2c(c1)CCCS2. The minimum Gasteiger partial charge on any atom is -0.337 e. The Morgan fingerprint density at radius 3 is 3.18 bits per heavy atom. The van der Waals surface area contributed by atoms with Crippen molar-refractivity contribution in [3.05, 3.63) is 29.3 Å². The van der Waals surface area contributed by atoms with Crippen molar-refractivity contribution in [1.82, 2.24) is 10.7 Å². The largest absolute Gasteiger partial charge is 0.337 e. The van der Waals surface area contributed by atoms with Gasteiger partial charge in [-0.25, -0.2) is 10.6 Å². The smallest absolute Gasteiger partial charge is 0.328 e. The van der Waals surface area contributed by atoms with Gasteiger partial charge in [0.2, 0.25) is 0 Å². The van der Waals surface area contributed by atoms with Gasteiger partial charge in [-0.15, -0.1) is 11.8 Å². The molecule has 1 aromatic rings. The molecule has 2 rings (SSSR count). The standard InChI is InChI=1S/C12H17N3OS/c13-15-12(16)14-6-5-9-3-4-11-10(8-9)2-1-7-17-11/h3-4,8H,1-2,5-7,13H2,(H2,14,15,16). The first-order chi connectivity index (χ1) is 8.29. The second-order valence-corrected chi connectivity index (χ2v) is 5.18. The zero-order valence-corrected chi connectivity index (χ0v) is 10.5. The summed E-state index contributed by atoms with van der Waals surface area (Å²) in [5, 5.41) is 2.68. The predicted octanol–water partition coefficient (Wildman–Crippen LogP) is 1.44. The Bertz CT molecular complexity index is 409. The quantitative estimate of drug-likeness (QED) is 0.432. The van der Waals surface area contributed by atoms with Crippen LogP contribution in [0.2, 0.25) is 0 Å². The van der Waals surface area contributed by atoms with Crippen LogP contribution >= 0.6 is 11.8 Å². The third-order valence-corrected chi connectivity index (χ3v) is 4.01. The average Bonchev–Trinajstić information content (AvgIpc) is 2.38. The molecule has 92 valence electrons. The maximum absolute atomic E-state index is 10.9. The molecule has 0 fully saturated rings. The van der Waals surface area contributed by atoms with Crippen LogP contribution in [0, 0.1) is 0 Å². The monoisotopic (exact) mass is 251 g/mol. The van der Waals surface area contributed by atoms with Crippen molar-refractivity contribution in [2.75, 3.05) is 12.3 Å². The van der Waals surface area contributed by atoms with Crippen molar-refractivity contribution in [2.24, 2.45) is 5.84 Å². The molecule has 0 unspecified atom stereocenters. The molecule has 0 bridgehead atoms. The van der Waals surface area contributed by atoms with E-state index in [1.165, 1.54) is 34.6 Å². The molecule has 0 aromatic heterocycles. The van der Waals surface area contributed by atoms with Crippen LogP contribution in [0.15, 0.2) is 23.1 Å². The molecule has 1 aliphatic heterocycles. The van der Waals surface area contributed by atoms with Crippen molar-refractivity contribution in [3.8, 4) is 0 Å². The average molecular weight is 251 g/mol. The number of thioether (sulfide) groups is 1. The molecule has 2 amide bonds. The molecule has 4 N–H and O–H groups in total. The lowest BCUT2D eigenvalue weighted by molar-refractivity contribution is 0.241. The highest BCUT2D eigenvalue weighted by Gasteiger charge is 2.09. The zero-order chi connectivity index (χ0) is 12.1. The van der Waals surface area contributed by atoms with Gasteiger partial charge in [-0.2, -0.15) is 0 Å². The number of fused-ring (bicyclic) bond motifs is 1. The van der Waals surface area contributed by atoms with Crippen LogP contribution < -0.4 is 16.6 Å². The number of nitrogens with one attached hydrogen (secondary N) is 2. The highest BCUT2D eigenvalue weighted by molar-refractivity contribution is 7.99. The van der Waals surface area contributed by atoms with Crippen molar-refractivity contribution >= 4 is 17.8 Å². The molecule has 1 aliphatic rings. The Morgan fingerprint density at radius 1 is 1.47 bits per heavy atom. The van der Waals surface area contributed by atoms with Crippen LogP contribution in [0.1, 0.15) is 17.5 Å². The zero-order valence-electron chi connectivity index (χ0n) is 9.66. The van der Waals surface area contributed by atoms with Crippen molar-refractivity contribution in [2.45, 2.75) is 24.2 Å². The topological polar surface area (TPSA) is 67.1 Å². The van der Waals surface area contributed by atoms with Crippen LogP contribution in [0.3, 0.4) is 0 Å². The number of aryl methyl sites for hydroxylation is 1. The summed E-state index contributed by atoms with van der Waals surface area (Å²) in [7, 11) is 0. The van der Waals surface area contributed by atoms with Gasteiger partial charge in [-0.05, 0) is 42.2 Å². The summed E-state index contributed by atoms with van der Waals surface area (Å²) in [5.41, 5.74) is 4.76. The molecule has 0 aliphatic carbocycles. The number of hydrazine groups is 1. The molecular weight excluding hydrogens is 234 g/mol. The second-order valence-electron chi connectivity index (χ2n) is 4.04. The van der Waals surface area contributed by atoms with E-state index < -0.39 is 0 Å². The number of nitrogens with two attached hydrogens (primary N) is 1. The van der Waals surface area contributed by atoms with Gasteiger partial charge in [-0.1, -0.05) is 12.1 Å². The molecule has 1 heterocycles. The fourth-order valence-corrected chi connectivity index (χ4v) is 2.96. The first-order valence-electron chi connectivity index (χ1n) is 5.78. The Labute approximate surface area is 105 Å². The fourth-order valence-electron chi connectivity index (χ4n) is 1.94. The van der Waals surface area contributed by atoms with Gasteiger partial charge in [0.25, 0.3) is 0 Å². The Morgan fingerprint density at radius 2 is 2.35 bits per heavy atom. The lowest BCUT2D eigenvalue weighted by Crippen LogP contribution is -2.40. The Hall–Kier alpha value is -1.20. The van der Waals surface area contributed by atoms with Crippen LogP contribution in [-0.4, -0.2) is 18.3 Å². The minimum absolute atomic E-state index is 0.335. The van der Waals surface area contributed by atoms with E-state index in [1.54, 1.807) is 0 Å². The number of benzene rings is 1. The van der Waals surface area contributed by atoms with E-state index >= 15 is 0 Å². The van der Waals surface area contributed by atoms with Gasteiger partial charge in [0.05, 0.1) is 0 Å². The minimum atomic E-state index is -0.335. The second kappa shape index (κ2) is 5.93. The molecule has 1 aromatic carbocycles. The number of rotatable bonds is 3. The number of carbonyl (C=O) groups is 1. The van der Waals surface area contributed by atoms with E-state index in [4.69, 9.17) is 5.84 Å². The molecule has 0 radical (unpaired) electrons. The van der Waals surface area contributed by atoms with E-state index in [0.29, 0.717) is 6.54 Å². The summed E-state index contributed by atoms with van der Waals surface area (Å²) >= 11 is 1.93. The maximum Gasteiger partial charge on any atom is 0.328 e. The first-order valence-corrected chi connectivity index (χ1v) is 6.77. The van der Waals surface area contributed by atoms with E-state index in [-0.39, 0.29) is 6.03 Å². The molecule has 0 saturated carbocycles. The molecule has 17 heavy (non-hydrogen) atoms. The summed E-state index contributed by atoms with van der Waals surface area (Å²) in [6, 6.07) is 6.25. The molecule has 0 saturated heterocycles. The summed E-state index contributed by atoms with van der Waals surface area (Å²) in [6.45, 7) is 0.606. The summed E-state index contributed by atoms with van der Waals surface area (Å²) in [6.07, 6.45) is 3.27. The maximum atomic E-state index is 10.9. The molecule has 0 atom stereocenters. The number of hydrogen-bond donors (Lipinski definition) is 3. The highest BCUT2D eigenvalue weighted by atomic mass is 32.2. The first kappa shape index (κ1) is 12.3. The van der Waals surface area contributed by atoms with E-state index in [2.05, 4.69) is 23.5 Å². The van der Waals surface area contributed by atoms with Crippen LogP contribution in [0.25, 0.3) is 0 Å². The number of amides is 2. The number of urea groups is 1.